The van der Waals surface area contributed by atoms with Crippen molar-refractivity contribution < 1.29 is 4.74 Å². The summed E-state index contributed by atoms with van der Waals surface area (Å²) in [6, 6.07) is 0.349. The van der Waals surface area contributed by atoms with E-state index in [9.17, 15) is 0 Å². The van der Waals surface area contributed by atoms with E-state index in [2.05, 4.69) is 34.9 Å². The summed E-state index contributed by atoms with van der Waals surface area (Å²) in [7, 11) is 1.76. The third kappa shape index (κ3) is 4.78. The van der Waals surface area contributed by atoms with Crippen LogP contribution in [0.3, 0.4) is 0 Å². The number of nitrogens with zero attached hydrogens (tertiary/aromatic N) is 2. The average molecular weight is 253 g/mol. The molecule has 0 fully saturated rings. The second kappa shape index (κ2) is 9.11. The van der Waals surface area contributed by atoms with Crippen LogP contribution in [-0.2, 0) is 11.3 Å². The van der Waals surface area contributed by atoms with E-state index in [0.717, 1.165) is 45.4 Å². The fourth-order valence-electron chi connectivity index (χ4n) is 2.13. The van der Waals surface area contributed by atoms with Crippen molar-refractivity contribution >= 4 is 0 Å². The molecule has 1 aromatic heterocycles. The van der Waals surface area contributed by atoms with Gasteiger partial charge in [-0.3, -0.25) is 0 Å². The first-order valence-electron chi connectivity index (χ1n) is 7.06. The minimum Gasteiger partial charge on any atom is -0.385 e. The second-order valence-corrected chi connectivity index (χ2v) is 4.62. The molecule has 1 N–H and O–H groups in total. The number of imidazole rings is 1. The Morgan fingerprint density at radius 2 is 2.22 bits per heavy atom. The molecular weight excluding hydrogens is 226 g/mol. The highest BCUT2D eigenvalue weighted by atomic mass is 16.5. The van der Waals surface area contributed by atoms with Crippen molar-refractivity contribution in [1.29, 1.82) is 0 Å². The van der Waals surface area contributed by atoms with Crippen molar-refractivity contribution in [3.05, 3.63) is 18.2 Å². The molecule has 1 heterocycles. The van der Waals surface area contributed by atoms with Gasteiger partial charge in [0, 0.05) is 32.7 Å². The Morgan fingerprint density at radius 3 is 2.89 bits per heavy atom. The maximum absolute atomic E-state index is 5.14. The number of methoxy groups -OCH3 is 1. The predicted octanol–water partition coefficient (Wildman–Crippen LogP) is 2.76. The summed E-state index contributed by atoms with van der Waals surface area (Å²) in [5.74, 6) is 1.17. The van der Waals surface area contributed by atoms with E-state index in [1.807, 2.05) is 6.20 Å². The Bertz CT molecular complexity index is 312. The van der Waals surface area contributed by atoms with Gasteiger partial charge in [-0.2, -0.15) is 0 Å². The van der Waals surface area contributed by atoms with Crippen LogP contribution < -0.4 is 5.32 Å². The lowest BCUT2D eigenvalue weighted by Crippen LogP contribution is -2.25. The van der Waals surface area contributed by atoms with Gasteiger partial charge in [0.15, 0.2) is 0 Å². The van der Waals surface area contributed by atoms with E-state index in [1.54, 1.807) is 7.11 Å². The summed E-state index contributed by atoms with van der Waals surface area (Å²) in [5.41, 5.74) is 0. The van der Waals surface area contributed by atoms with Gasteiger partial charge >= 0.3 is 0 Å². The number of hydrogen-bond acceptors (Lipinski definition) is 3. The second-order valence-electron chi connectivity index (χ2n) is 4.62. The van der Waals surface area contributed by atoms with E-state index in [-0.39, 0.29) is 0 Å². The van der Waals surface area contributed by atoms with Gasteiger partial charge < -0.3 is 14.6 Å². The number of aryl methyl sites for hydroxylation is 1. The first kappa shape index (κ1) is 15.2. The zero-order valence-corrected chi connectivity index (χ0v) is 12.0. The summed E-state index contributed by atoms with van der Waals surface area (Å²) in [6.07, 6.45) is 8.42. The van der Waals surface area contributed by atoms with Crippen molar-refractivity contribution in [1.82, 2.24) is 14.9 Å². The van der Waals surface area contributed by atoms with Gasteiger partial charge in [-0.25, -0.2) is 4.98 Å². The molecule has 0 aliphatic carbocycles. The maximum atomic E-state index is 5.14. The van der Waals surface area contributed by atoms with E-state index < -0.39 is 0 Å². The molecule has 0 aliphatic heterocycles. The molecule has 4 nitrogen and oxygen atoms in total. The van der Waals surface area contributed by atoms with E-state index in [0.29, 0.717) is 6.04 Å². The van der Waals surface area contributed by atoms with Crippen LogP contribution in [0.25, 0.3) is 0 Å². The third-order valence-corrected chi connectivity index (χ3v) is 3.01. The van der Waals surface area contributed by atoms with E-state index >= 15 is 0 Å². The van der Waals surface area contributed by atoms with Crippen LogP contribution in [0.5, 0.6) is 0 Å². The first-order chi connectivity index (χ1) is 8.83. The Kier molecular flexibility index (Phi) is 7.69. The topological polar surface area (TPSA) is 39.1 Å². The van der Waals surface area contributed by atoms with Gasteiger partial charge in [0.2, 0.25) is 0 Å². The quantitative estimate of drug-likeness (QED) is 0.652. The van der Waals surface area contributed by atoms with Crippen LogP contribution in [0.15, 0.2) is 12.4 Å². The fraction of sp³-hybridized carbons (Fsp3) is 0.786. The maximum Gasteiger partial charge on any atom is 0.125 e. The molecule has 0 aromatic carbocycles. The molecule has 1 atom stereocenters. The molecule has 1 aromatic rings. The minimum atomic E-state index is 0.349. The van der Waals surface area contributed by atoms with Crippen LogP contribution in [0.2, 0.25) is 0 Å². The Labute approximate surface area is 111 Å². The van der Waals surface area contributed by atoms with Gasteiger partial charge in [-0.1, -0.05) is 13.8 Å². The number of hydrogen-bond donors (Lipinski definition) is 1. The Hall–Kier alpha value is -0.870. The molecule has 18 heavy (non-hydrogen) atoms. The standard InChI is InChI=1S/C14H27N3O/c1-4-8-15-13(7-6-12-18-3)14-16-9-11-17(14)10-5-2/h9,11,13,15H,4-8,10,12H2,1-3H3. The largest absolute Gasteiger partial charge is 0.385 e. The molecule has 0 aliphatic rings. The molecule has 4 heteroatoms. The van der Waals surface area contributed by atoms with Gasteiger partial charge in [0.05, 0.1) is 6.04 Å². The lowest BCUT2D eigenvalue weighted by molar-refractivity contribution is 0.188. The van der Waals surface area contributed by atoms with Gasteiger partial charge in [0.1, 0.15) is 5.82 Å². The summed E-state index contributed by atoms with van der Waals surface area (Å²) in [6.45, 7) is 7.29. The fourth-order valence-corrected chi connectivity index (χ4v) is 2.13. The molecule has 0 radical (unpaired) electrons. The van der Waals surface area contributed by atoms with E-state index in [4.69, 9.17) is 4.74 Å². The summed E-state index contributed by atoms with van der Waals surface area (Å²) >= 11 is 0. The molecule has 104 valence electrons. The summed E-state index contributed by atoms with van der Waals surface area (Å²) < 4.78 is 7.40. The van der Waals surface area contributed by atoms with Gasteiger partial charge in [-0.15, -0.1) is 0 Å². The van der Waals surface area contributed by atoms with Gasteiger partial charge in [-0.05, 0) is 32.2 Å². The minimum absolute atomic E-state index is 0.349. The molecule has 0 bridgehead atoms. The van der Waals surface area contributed by atoms with Crippen molar-refractivity contribution in [2.24, 2.45) is 0 Å². The summed E-state index contributed by atoms with van der Waals surface area (Å²) in [4.78, 5) is 4.53. The van der Waals surface area contributed by atoms with Crippen LogP contribution in [0.4, 0.5) is 0 Å². The lowest BCUT2D eigenvalue weighted by atomic mass is 10.1. The predicted molar refractivity (Wildman–Crippen MR) is 74.7 cm³/mol. The van der Waals surface area contributed by atoms with Crippen molar-refractivity contribution in [2.75, 3.05) is 20.3 Å². The Morgan fingerprint density at radius 1 is 1.39 bits per heavy atom. The van der Waals surface area contributed by atoms with E-state index in [1.165, 1.54) is 5.82 Å². The molecular formula is C14H27N3O. The lowest BCUT2D eigenvalue weighted by Gasteiger charge is -2.19. The van der Waals surface area contributed by atoms with Crippen LogP contribution in [0, 0.1) is 0 Å². The third-order valence-electron chi connectivity index (χ3n) is 3.01. The molecule has 1 unspecified atom stereocenters. The highest BCUT2D eigenvalue weighted by Gasteiger charge is 2.15. The van der Waals surface area contributed by atoms with Crippen molar-refractivity contribution in [2.45, 2.75) is 52.1 Å². The zero-order valence-electron chi connectivity index (χ0n) is 12.0. The zero-order chi connectivity index (χ0) is 13.2. The van der Waals surface area contributed by atoms with Crippen molar-refractivity contribution in [3.8, 4) is 0 Å². The molecule has 0 saturated carbocycles. The average Bonchev–Trinajstić information content (AvgIpc) is 2.82. The van der Waals surface area contributed by atoms with Crippen LogP contribution >= 0.6 is 0 Å². The van der Waals surface area contributed by atoms with Gasteiger partial charge in [0.25, 0.3) is 0 Å². The smallest absolute Gasteiger partial charge is 0.125 e. The SMILES string of the molecule is CCCNC(CCCOC)c1nccn1CCC. The molecule has 0 saturated heterocycles. The molecule has 1 rings (SSSR count). The normalized spacial score (nSPS) is 12.8. The number of ether oxygens (including phenoxy) is 1. The van der Waals surface area contributed by atoms with Crippen LogP contribution in [0.1, 0.15) is 51.4 Å². The summed E-state index contributed by atoms with van der Waals surface area (Å²) in [5, 5.41) is 3.59. The van der Waals surface area contributed by atoms with Crippen LogP contribution in [-0.4, -0.2) is 29.8 Å². The first-order valence-corrected chi connectivity index (χ1v) is 7.06. The number of rotatable bonds is 10. The monoisotopic (exact) mass is 253 g/mol. The Balaban J connectivity index is 2.63. The number of nitrogens with one attached hydrogen (secondary N) is 1. The number of aromatic nitrogens is 2. The molecule has 0 amide bonds. The molecule has 0 spiro atoms. The van der Waals surface area contributed by atoms with Crippen molar-refractivity contribution in [3.63, 3.8) is 0 Å². The highest BCUT2D eigenvalue weighted by molar-refractivity contribution is 4.99. The highest BCUT2D eigenvalue weighted by Crippen LogP contribution is 2.17.